The molecular formula is C32H27F6N9O2. The summed E-state index contributed by atoms with van der Waals surface area (Å²) in [6.45, 7) is 1.78. The molecule has 3 aromatic heterocycles. The Morgan fingerprint density at radius 3 is 2.08 bits per heavy atom. The van der Waals surface area contributed by atoms with Crippen LogP contribution in [0.1, 0.15) is 29.6 Å². The van der Waals surface area contributed by atoms with Crippen LogP contribution in [0.5, 0.6) is 0 Å². The number of tetrazole rings is 1. The maximum atomic E-state index is 16.1. The van der Waals surface area contributed by atoms with E-state index in [1.807, 2.05) is 29.2 Å². The van der Waals surface area contributed by atoms with Crippen LogP contribution < -0.4 is 9.80 Å². The number of aromatic nitrogens is 7. The highest BCUT2D eigenvalue weighted by molar-refractivity contribution is 5.67. The standard InChI is InChI=1S/C32H27F6N9O2/c33-21-4-7-25-24(13-21)29-42-43-44-47(29)18-30(25,49)32(37,38)27-8-3-20(15-39-27)19-1-5-22(6-2-19)45-9-11-46(12-10-45)23-16-40-28(41-17-23)26(48)14-31(34,35)36/h1-8,13,15-17,26,48-49H,9-12,14,18H2/t26?,30-/m0/s1. The molecule has 0 spiro atoms. The Hall–Kier alpha value is -5.16. The van der Waals surface area contributed by atoms with E-state index < -0.39 is 48.3 Å². The average molecular weight is 684 g/mol. The van der Waals surface area contributed by atoms with E-state index in [-0.39, 0.29) is 22.8 Å². The second-order valence-electron chi connectivity index (χ2n) is 11.9. The molecule has 7 rings (SSSR count). The zero-order valence-corrected chi connectivity index (χ0v) is 25.4. The lowest BCUT2D eigenvalue weighted by molar-refractivity contribution is -0.207. The van der Waals surface area contributed by atoms with Crippen LogP contribution in [0.15, 0.2) is 73.2 Å². The molecule has 0 bridgehead atoms. The minimum absolute atomic E-state index is 0.0386. The predicted octanol–water partition coefficient (Wildman–Crippen LogP) is 4.64. The topological polar surface area (TPSA) is 129 Å². The van der Waals surface area contributed by atoms with Gasteiger partial charge in [0.15, 0.2) is 17.2 Å². The molecule has 254 valence electrons. The lowest BCUT2D eigenvalue weighted by atomic mass is 9.80. The second kappa shape index (κ2) is 12.1. The monoisotopic (exact) mass is 683 g/mol. The van der Waals surface area contributed by atoms with E-state index in [0.717, 1.165) is 40.2 Å². The van der Waals surface area contributed by atoms with Gasteiger partial charge in [-0.3, -0.25) is 4.98 Å². The van der Waals surface area contributed by atoms with Crippen molar-refractivity contribution < 1.29 is 36.6 Å². The van der Waals surface area contributed by atoms with Crippen LogP contribution in [0.3, 0.4) is 0 Å². The zero-order chi connectivity index (χ0) is 34.6. The highest BCUT2D eigenvalue weighted by Gasteiger charge is 2.59. The molecule has 1 unspecified atom stereocenters. The number of hydrogen-bond acceptors (Lipinski definition) is 10. The number of benzene rings is 2. The molecule has 0 amide bonds. The number of halogens is 6. The molecule has 49 heavy (non-hydrogen) atoms. The van der Waals surface area contributed by atoms with Gasteiger partial charge < -0.3 is 20.0 Å². The highest BCUT2D eigenvalue weighted by atomic mass is 19.4. The first-order valence-corrected chi connectivity index (χ1v) is 15.1. The third-order valence-electron chi connectivity index (χ3n) is 8.77. The van der Waals surface area contributed by atoms with Crippen molar-refractivity contribution in [3.8, 4) is 22.5 Å². The maximum absolute atomic E-state index is 16.1. The third-order valence-corrected chi connectivity index (χ3v) is 8.77. The summed E-state index contributed by atoms with van der Waals surface area (Å²) in [6, 6.07) is 13.2. The Balaban J connectivity index is 1.01. The van der Waals surface area contributed by atoms with Gasteiger partial charge in [0.25, 0.3) is 0 Å². The quantitative estimate of drug-likeness (QED) is 0.234. The van der Waals surface area contributed by atoms with Crippen LogP contribution >= 0.6 is 0 Å². The molecule has 0 aliphatic carbocycles. The van der Waals surface area contributed by atoms with Crippen molar-refractivity contribution in [1.82, 2.24) is 35.2 Å². The van der Waals surface area contributed by atoms with Gasteiger partial charge in [-0.15, -0.1) is 5.10 Å². The van der Waals surface area contributed by atoms with E-state index >= 15 is 8.78 Å². The number of fused-ring (bicyclic) bond motifs is 3. The Kier molecular flexibility index (Phi) is 7.98. The van der Waals surface area contributed by atoms with Crippen molar-refractivity contribution >= 4 is 11.4 Å². The smallest absolute Gasteiger partial charge is 0.385 e. The number of aliphatic hydroxyl groups is 2. The molecule has 17 heteroatoms. The molecule has 2 N–H and O–H groups in total. The Labute approximate surface area is 274 Å². The van der Waals surface area contributed by atoms with Crippen molar-refractivity contribution in [3.05, 3.63) is 96.1 Å². The van der Waals surface area contributed by atoms with Gasteiger partial charge in [-0.05, 0) is 46.3 Å². The minimum atomic E-state index is -4.53. The summed E-state index contributed by atoms with van der Waals surface area (Å²) in [4.78, 5) is 16.0. The fourth-order valence-corrected chi connectivity index (χ4v) is 6.16. The van der Waals surface area contributed by atoms with Gasteiger partial charge in [0, 0.05) is 54.8 Å². The van der Waals surface area contributed by atoms with E-state index in [1.165, 1.54) is 24.7 Å². The SMILES string of the molecule is OC(CC(F)(F)F)c1ncc(N2CCN(c3ccc(-c4ccc(C(F)(F)[C@]5(O)Cn6nnnc6-c6cc(F)ccc65)nc4)cc3)CC2)cn1. The Bertz CT molecular complexity index is 1950. The first-order valence-electron chi connectivity index (χ1n) is 15.1. The minimum Gasteiger partial charge on any atom is -0.385 e. The van der Waals surface area contributed by atoms with Crippen molar-refractivity contribution in [3.63, 3.8) is 0 Å². The van der Waals surface area contributed by atoms with Crippen LogP contribution in [0.4, 0.5) is 37.7 Å². The molecule has 0 saturated carbocycles. The second-order valence-corrected chi connectivity index (χ2v) is 11.9. The summed E-state index contributed by atoms with van der Waals surface area (Å²) in [5, 5.41) is 32.2. The molecule has 2 aliphatic heterocycles. The van der Waals surface area contributed by atoms with E-state index in [9.17, 15) is 27.8 Å². The van der Waals surface area contributed by atoms with Gasteiger partial charge in [0.1, 0.15) is 17.6 Å². The van der Waals surface area contributed by atoms with Crippen LogP contribution in [0, 0.1) is 5.82 Å². The molecule has 2 atom stereocenters. The number of pyridine rings is 1. The van der Waals surface area contributed by atoms with Gasteiger partial charge in [-0.2, -0.15) is 22.0 Å². The summed E-state index contributed by atoms with van der Waals surface area (Å²) in [5.41, 5.74) is -0.888. The predicted molar refractivity (Wildman–Crippen MR) is 163 cm³/mol. The maximum Gasteiger partial charge on any atom is 0.392 e. The van der Waals surface area contributed by atoms with Crippen molar-refractivity contribution in [1.29, 1.82) is 0 Å². The fourth-order valence-electron chi connectivity index (χ4n) is 6.16. The summed E-state index contributed by atoms with van der Waals surface area (Å²) in [7, 11) is 0. The number of hydrogen-bond donors (Lipinski definition) is 2. The van der Waals surface area contributed by atoms with Gasteiger partial charge >= 0.3 is 12.1 Å². The lowest BCUT2D eigenvalue weighted by Gasteiger charge is -2.39. The number of alkyl halides is 5. The number of piperazine rings is 1. The van der Waals surface area contributed by atoms with E-state index in [2.05, 4.69) is 35.4 Å². The van der Waals surface area contributed by atoms with Gasteiger partial charge in [0.2, 0.25) is 0 Å². The molecule has 11 nitrogen and oxygen atoms in total. The third kappa shape index (κ3) is 6.03. The van der Waals surface area contributed by atoms with Crippen molar-refractivity contribution in [2.24, 2.45) is 0 Å². The van der Waals surface area contributed by atoms with Crippen LogP contribution in [0.25, 0.3) is 22.5 Å². The number of nitrogens with zero attached hydrogens (tertiary/aromatic N) is 9. The van der Waals surface area contributed by atoms with Gasteiger partial charge in [-0.25, -0.2) is 19.0 Å². The first kappa shape index (κ1) is 32.4. The summed E-state index contributed by atoms with van der Waals surface area (Å²) < 4.78 is 84.9. The normalized spacial score (nSPS) is 18.6. The van der Waals surface area contributed by atoms with E-state index in [4.69, 9.17) is 0 Å². The first-order chi connectivity index (χ1) is 23.3. The highest BCUT2D eigenvalue weighted by Crippen LogP contribution is 2.50. The molecule has 5 aromatic rings. The number of aliphatic hydroxyl groups excluding tert-OH is 1. The molecule has 0 radical (unpaired) electrons. The van der Waals surface area contributed by atoms with Gasteiger partial charge in [0.05, 0.1) is 31.0 Å². The largest absolute Gasteiger partial charge is 0.392 e. The lowest BCUT2D eigenvalue weighted by Crippen LogP contribution is -2.49. The van der Waals surface area contributed by atoms with Crippen LogP contribution in [-0.2, 0) is 18.1 Å². The molecule has 5 heterocycles. The van der Waals surface area contributed by atoms with Crippen molar-refractivity contribution in [2.75, 3.05) is 36.0 Å². The average Bonchev–Trinajstić information content (AvgIpc) is 3.56. The Morgan fingerprint density at radius 1 is 0.796 bits per heavy atom. The number of rotatable bonds is 7. The zero-order valence-electron chi connectivity index (χ0n) is 25.4. The molecule has 1 fully saturated rings. The van der Waals surface area contributed by atoms with Gasteiger partial charge in [-0.1, -0.05) is 24.3 Å². The Morgan fingerprint density at radius 2 is 1.45 bits per heavy atom. The fraction of sp³-hybridized carbons (Fsp3) is 0.312. The summed E-state index contributed by atoms with van der Waals surface area (Å²) in [5.74, 6) is -4.82. The van der Waals surface area contributed by atoms with Crippen LogP contribution in [-0.4, -0.2) is 77.7 Å². The van der Waals surface area contributed by atoms with E-state index in [0.29, 0.717) is 37.4 Å². The molecular weight excluding hydrogens is 656 g/mol. The summed E-state index contributed by atoms with van der Waals surface area (Å²) in [6.07, 6.45) is -3.67. The van der Waals surface area contributed by atoms with E-state index in [1.54, 1.807) is 0 Å². The van der Waals surface area contributed by atoms with Crippen molar-refractivity contribution in [2.45, 2.75) is 36.8 Å². The molecule has 2 aliphatic rings. The van der Waals surface area contributed by atoms with Crippen LogP contribution in [0.2, 0.25) is 0 Å². The molecule has 1 saturated heterocycles. The number of anilines is 2. The summed E-state index contributed by atoms with van der Waals surface area (Å²) >= 11 is 0. The molecule has 2 aromatic carbocycles.